The van der Waals surface area contributed by atoms with Crippen molar-refractivity contribution in [2.45, 2.75) is 37.0 Å². The van der Waals surface area contributed by atoms with Gasteiger partial charge in [0.2, 0.25) is 5.95 Å². The van der Waals surface area contributed by atoms with Gasteiger partial charge in [0.1, 0.15) is 11.4 Å². The van der Waals surface area contributed by atoms with E-state index in [1.54, 1.807) is 32.9 Å². The van der Waals surface area contributed by atoms with Gasteiger partial charge in [0.25, 0.3) is 0 Å². The summed E-state index contributed by atoms with van der Waals surface area (Å²) in [7, 11) is -3.38. The Kier molecular flexibility index (Phi) is 8.19. The minimum absolute atomic E-state index is 0.125. The molecule has 0 radical (unpaired) electrons. The molecule has 0 bridgehead atoms. The van der Waals surface area contributed by atoms with E-state index in [1.165, 1.54) is 18.3 Å². The van der Waals surface area contributed by atoms with Gasteiger partial charge in [-0.25, -0.2) is 18.2 Å². The average Bonchev–Trinajstić information content (AvgIpc) is 2.83. The lowest BCUT2D eigenvalue weighted by atomic mass is 10.1. The lowest BCUT2D eigenvalue weighted by Crippen LogP contribution is -2.19. The number of hydrogen-bond acceptors (Lipinski definition) is 9. The van der Waals surface area contributed by atoms with Crippen LogP contribution in [0.4, 0.5) is 17.5 Å². The molecule has 0 aliphatic carbocycles. The summed E-state index contributed by atoms with van der Waals surface area (Å²) >= 11 is 0. The van der Waals surface area contributed by atoms with Crippen molar-refractivity contribution in [1.82, 2.24) is 9.97 Å². The standard InChI is InChI=1S/C24H28N4O5S/c1-4-33-23(30)20-14-25-24(26-18-10-12-19(13-11-18)34(31,32)16(2)3)28-22(20)27-21(15-29)17-8-6-5-7-9-17/h5-14,16,21,29H,4,15H2,1-3H3,(H2,25,26,27,28)/t21-/m1/s1. The molecule has 1 heterocycles. The molecule has 0 aliphatic rings. The molecule has 0 aliphatic heterocycles. The number of esters is 1. The van der Waals surface area contributed by atoms with Gasteiger partial charge in [-0.1, -0.05) is 30.3 Å². The molecule has 3 rings (SSSR count). The Morgan fingerprint density at radius 3 is 2.35 bits per heavy atom. The first kappa shape index (κ1) is 25.1. The van der Waals surface area contributed by atoms with Crippen molar-refractivity contribution in [1.29, 1.82) is 0 Å². The summed E-state index contributed by atoms with van der Waals surface area (Å²) in [5.41, 5.74) is 1.51. The number of rotatable bonds is 10. The third-order valence-corrected chi connectivity index (χ3v) is 7.21. The molecule has 10 heteroatoms. The number of carbonyl (C=O) groups is 1. The molecule has 0 fully saturated rings. The summed E-state index contributed by atoms with van der Waals surface area (Å²) in [5.74, 6) is -0.220. The highest BCUT2D eigenvalue weighted by Gasteiger charge is 2.21. The van der Waals surface area contributed by atoms with Crippen LogP contribution in [0.2, 0.25) is 0 Å². The van der Waals surface area contributed by atoms with E-state index in [4.69, 9.17) is 4.74 Å². The molecule has 0 saturated heterocycles. The zero-order valence-corrected chi connectivity index (χ0v) is 20.0. The van der Waals surface area contributed by atoms with Crippen LogP contribution in [0.25, 0.3) is 0 Å². The molecule has 2 aromatic carbocycles. The molecule has 1 atom stereocenters. The fraction of sp³-hybridized carbons (Fsp3) is 0.292. The van der Waals surface area contributed by atoms with Gasteiger partial charge < -0.3 is 20.5 Å². The molecule has 3 N–H and O–H groups in total. The van der Waals surface area contributed by atoms with E-state index in [0.29, 0.717) is 5.69 Å². The van der Waals surface area contributed by atoms with Crippen molar-refractivity contribution in [2.24, 2.45) is 0 Å². The topological polar surface area (TPSA) is 131 Å². The number of aliphatic hydroxyl groups excluding tert-OH is 1. The highest BCUT2D eigenvalue weighted by molar-refractivity contribution is 7.92. The maximum absolute atomic E-state index is 12.4. The SMILES string of the molecule is CCOC(=O)c1cnc(Nc2ccc(S(=O)(=O)C(C)C)cc2)nc1N[C@H](CO)c1ccccc1. The fourth-order valence-corrected chi connectivity index (χ4v) is 4.18. The van der Waals surface area contributed by atoms with Gasteiger partial charge in [-0.2, -0.15) is 4.98 Å². The number of hydrogen-bond donors (Lipinski definition) is 3. The summed E-state index contributed by atoms with van der Waals surface area (Å²) in [6.07, 6.45) is 1.34. The molecule has 9 nitrogen and oxygen atoms in total. The van der Waals surface area contributed by atoms with E-state index in [2.05, 4.69) is 20.6 Å². The molecular weight excluding hydrogens is 456 g/mol. The van der Waals surface area contributed by atoms with Crippen LogP contribution >= 0.6 is 0 Å². The van der Waals surface area contributed by atoms with Gasteiger partial charge in [0.05, 0.1) is 29.4 Å². The maximum atomic E-state index is 12.4. The third-order valence-electron chi connectivity index (χ3n) is 5.04. The Labute approximate surface area is 199 Å². The number of sulfone groups is 1. The van der Waals surface area contributed by atoms with Gasteiger partial charge in [-0.3, -0.25) is 0 Å². The van der Waals surface area contributed by atoms with Crippen molar-refractivity contribution in [3.8, 4) is 0 Å². The Morgan fingerprint density at radius 1 is 1.09 bits per heavy atom. The lowest BCUT2D eigenvalue weighted by Gasteiger charge is -2.19. The third kappa shape index (κ3) is 5.89. The van der Waals surface area contributed by atoms with Gasteiger partial charge in [0, 0.05) is 11.9 Å². The van der Waals surface area contributed by atoms with Crippen LogP contribution in [0, 0.1) is 0 Å². The number of benzene rings is 2. The number of aliphatic hydroxyl groups is 1. The molecule has 0 unspecified atom stereocenters. The maximum Gasteiger partial charge on any atom is 0.343 e. The molecule has 34 heavy (non-hydrogen) atoms. The van der Waals surface area contributed by atoms with Crippen LogP contribution in [-0.2, 0) is 14.6 Å². The molecule has 3 aromatic rings. The number of nitrogens with zero attached hydrogens (tertiary/aromatic N) is 2. The summed E-state index contributed by atoms with van der Waals surface area (Å²) in [6, 6.07) is 15.0. The van der Waals surface area contributed by atoms with Crippen molar-refractivity contribution < 1.29 is 23.1 Å². The van der Waals surface area contributed by atoms with E-state index in [-0.39, 0.29) is 35.4 Å². The van der Waals surface area contributed by atoms with E-state index >= 15 is 0 Å². The lowest BCUT2D eigenvalue weighted by molar-refractivity contribution is 0.0526. The molecule has 0 saturated carbocycles. The van der Waals surface area contributed by atoms with Gasteiger partial charge in [-0.05, 0) is 50.6 Å². The first-order valence-corrected chi connectivity index (χ1v) is 12.4. The summed E-state index contributed by atoms with van der Waals surface area (Å²) in [4.78, 5) is 21.3. The molecule has 1 aromatic heterocycles. The number of ether oxygens (including phenoxy) is 1. The second-order valence-corrected chi connectivity index (χ2v) is 10.2. The Hall–Kier alpha value is -3.50. The Bertz CT molecular complexity index is 1220. The predicted molar refractivity (Wildman–Crippen MR) is 130 cm³/mol. The van der Waals surface area contributed by atoms with Gasteiger partial charge >= 0.3 is 5.97 Å². The van der Waals surface area contributed by atoms with Crippen LogP contribution in [0.1, 0.15) is 42.7 Å². The summed E-state index contributed by atoms with van der Waals surface area (Å²) < 4.78 is 29.8. The van der Waals surface area contributed by atoms with E-state index in [1.807, 2.05) is 30.3 Å². The smallest absolute Gasteiger partial charge is 0.343 e. The van der Waals surface area contributed by atoms with E-state index in [0.717, 1.165) is 5.56 Å². The van der Waals surface area contributed by atoms with Crippen molar-refractivity contribution in [3.63, 3.8) is 0 Å². The van der Waals surface area contributed by atoms with Crippen molar-refractivity contribution >= 4 is 33.3 Å². The molecule has 0 spiro atoms. The number of aromatic nitrogens is 2. The van der Waals surface area contributed by atoms with Crippen LogP contribution in [0.3, 0.4) is 0 Å². The van der Waals surface area contributed by atoms with Crippen LogP contribution < -0.4 is 10.6 Å². The normalized spacial score (nSPS) is 12.3. The second-order valence-electron chi connectivity index (χ2n) is 7.71. The zero-order chi connectivity index (χ0) is 24.7. The monoisotopic (exact) mass is 484 g/mol. The number of nitrogens with one attached hydrogen (secondary N) is 2. The molecule has 0 amide bonds. The van der Waals surface area contributed by atoms with Crippen LogP contribution in [0.15, 0.2) is 65.7 Å². The highest BCUT2D eigenvalue weighted by Crippen LogP contribution is 2.25. The minimum Gasteiger partial charge on any atom is -0.462 e. The predicted octanol–water partition coefficient (Wildman–Crippen LogP) is 3.72. The Balaban J connectivity index is 1.90. The number of carbonyl (C=O) groups excluding carboxylic acids is 1. The van der Waals surface area contributed by atoms with Gasteiger partial charge in [0.15, 0.2) is 9.84 Å². The number of anilines is 3. The minimum atomic E-state index is -3.38. The largest absolute Gasteiger partial charge is 0.462 e. The summed E-state index contributed by atoms with van der Waals surface area (Å²) in [5, 5.41) is 15.5. The highest BCUT2D eigenvalue weighted by atomic mass is 32.2. The fourth-order valence-electron chi connectivity index (χ4n) is 3.12. The van der Waals surface area contributed by atoms with Gasteiger partial charge in [-0.15, -0.1) is 0 Å². The van der Waals surface area contributed by atoms with E-state index < -0.39 is 27.1 Å². The second kappa shape index (κ2) is 11.1. The quantitative estimate of drug-likeness (QED) is 0.368. The first-order chi connectivity index (χ1) is 16.3. The van der Waals surface area contributed by atoms with Crippen LogP contribution in [-0.4, -0.2) is 47.9 Å². The van der Waals surface area contributed by atoms with E-state index in [9.17, 15) is 18.3 Å². The average molecular weight is 485 g/mol. The van der Waals surface area contributed by atoms with Crippen molar-refractivity contribution in [3.05, 3.63) is 71.9 Å². The van der Waals surface area contributed by atoms with Crippen LogP contribution in [0.5, 0.6) is 0 Å². The van der Waals surface area contributed by atoms with Crippen molar-refractivity contribution in [2.75, 3.05) is 23.8 Å². The molecule has 180 valence electrons. The zero-order valence-electron chi connectivity index (χ0n) is 19.2. The molecular formula is C24H28N4O5S. The first-order valence-electron chi connectivity index (χ1n) is 10.8. The summed E-state index contributed by atoms with van der Waals surface area (Å²) in [6.45, 7) is 4.91. The Morgan fingerprint density at radius 2 is 1.76 bits per heavy atom.